The van der Waals surface area contributed by atoms with Crippen molar-refractivity contribution in [2.75, 3.05) is 20.8 Å². The Bertz CT molecular complexity index is 830. The number of hydrogen-bond donors (Lipinski definition) is 1. The van der Waals surface area contributed by atoms with Crippen molar-refractivity contribution in [3.8, 4) is 17.2 Å². The maximum atomic E-state index is 12.4. The quantitative estimate of drug-likeness (QED) is 0.644. The Hall–Kier alpha value is -2.21. The van der Waals surface area contributed by atoms with Gasteiger partial charge in [0, 0.05) is 5.56 Å². The van der Waals surface area contributed by atoms with Crippen LogP contribution in [-0.2, 0) is 10.2 Å². The molecule has 0 spiro atoms. The first kappa shape index (κ1) is 22.1. The van der Waals surface area contributed by atoms with E-state index in [1.54, 1.807) is 14.2 Å². The van der Waals surface area contributed by atoms with Gasteiger partial charge >= 0.3 is 0 Å². The molecule has 0 saturated carbocycles. The highest BCUT2D eigenvalue weighted by Crippen LogP contribution is 2.32. The molecule has 2 aromatic rings. The Labute approximate surface area is 175 Å². The minimum absolute atomic E-state index is 0.0453. The summed E-state index contributed by atoms with van der Waals surface area (Å²) in [6.07, 6.45) is 0. The molecule has 0 unspecified atom stereocenters. The fourth-order valence-electron chi connectivity index (χ4n) is 2.77. The molecule has 0 bridgehead atoms. The Kier molecular flexibility index (Phi) is 7.35. The van der Waals surface area contributed by atoms with Gasteiger partial charge in [-0.05, 0) is 64.2 Å². The molecule has 0 aliphatic rings. The summed E-state index contributed by atoms with van der Waals surface area (Å²) in [6.45, 7) is 8.26. The van der Waals surface area contributed by atoms with Crippen molar-refractivity contribution in [2.24, 2.45) is 0 Å². The summed E-state index contributed by atoms with van der Waals surface area (Å²) in [5.41, 5.74) is 2.07. The Balaban J connectivity index is 2.01. The van der Waals surface area contributed by atoms with Crippen LogP contribution in [0.1, 0.15) is 44.9 Å². The molecule has 1 N–H and O–H groups in total. The highest BCUT2D eigenvalue weighted by molar-refractivity contribution is 9.10. The van der Waals surface area contributed by atoms with Crippen LogP contribution in [0.2, 0.25) is 0 Å². The highest BCUT2D eigenvalue weighted by atomic mass is 79.9. The van der Waals surface area contributed by atoms with E-state index in [2.05, 4.69) is 42.0 Å². The van der Waals surface area contributed by atoms with Crippen LogP contribution < -0.4 is 19.5 Å². The number of halogens is 1. The molecule has 1 amide bonds. The third kappa shape index (κ3) is 5.64. The maximum Gasteiger partial charge on any atom is 0.258 e. The normalized spacial score (nSPS) is 12.2. The van der Waals surface area contributed by atoms with Gasteiger partial charge in [0.15, 0.2) is 6.61 Å². The predicted molar refractivity (Wildman–Crippen MR) is 114 cm³/mol. The molecule has 5 nitrogen and oxygen atoms in total. The predicted octanol–water partition coefficient (Wildman–Crippen LogP) is 5.02. The molecule has 1 atom stereocenters. The lowest BCUT2D eigenvalue weighted by atomic mass is 9.87. The second kappa shape index (κ2) is 9.32. The molecule has 0 fully saturated rings. The van der Waals surface area contributed by atoms with Gasteiger partial charge in [-0.25, -0.2) is 0 Å². The van der Waals surface area contributed by atoms with Crippen LogP contribution in [0.4, 0.5) is 0 Å². The topological polar surface area (TPSA) is 56.8 Å². The number of carbonyl (C=O) groups is 1. The summed E-state index contributed by atoms with van der Waals surface area (Å²) in [5.74, 6) is 1.81. The zero-order valence-electron chi connectivity index (χ0n) is 17.3. The summed E-state index contributed by atoms with van der Waals surface area (Å²) >= 11 is 3.52. The number of carbonyl (C=O) groups excluding carboxylic acids is 1. The van der Waals surface area contributed by atoms with E-state index in [1.165, 1.54) is 5.56 Å². The molecule has 0 aliphatic heterocycles. The number of hydrogen-bond acceptors (Lipinski definition) is 4. The van der Waals surface area contributed by atoms with Gasteiger partial charge in [0.2, 0.25) is 0 Å². The molecule has 6 heteroatoms. The first-order valence-corrected chi connectivity index (χ1v) is 9.89. The SMILES string of the molecule is COc1ccc(OC)c([C@@H](C)NC(=O)COc2ccc(C(C)(C)C)cc2Br)c1. The van der Waals surface area contributed by atoms with Crippen molar-refractivity contribution in [1.29, 1.82) is 0 Å². The molecule has 0 saturated heterocycles. The van der Waals surface area contributed by atoms with Crippen LogP contribution in [0.15, 0.2) is 40.9 Å². The number of ether oxygens (including phenoxy) is 3. The third-order valence-electron chi connectivity index (χ3n) is 4.44. The average molecular weight is 450 g/mol. The first-order valence-electron chi connectivity index (χ1n) is 9.09. The van der Waals surface area contributed by atoms with Crippen LogP contribution in [0.5, 0.6) is 17.2 Å². The largest absolute Gasteiger partial charge is 0.497 e. The van der Waals surface area contributed by atoms with E-state index < -0.39 is 0 Å². The second-order valence-corrected chi connectivity index (χ2v) is 8.44. The fraction of sp³-hybridized carbons (Fsp3) is 0.409. The van der Waals surface area contributed by atoms with E-state index in [1.807, 2.05) is 43.3 Å². The van der Waals surface area contributed by atoms with E-state index in [0.29, 0.717) is 17.2 Å². The van der Waals surface area contributed by atoms with E-state index in [0.717, 1.165) is 10.0 Å². The smallest absolute Gasteiger partial charge is 0.258 e. The van der Waals surface area contributed by atoms with Crippen LogP contribution in [-0.4, -0.2) is 26.7 Å². The zero-order valence-corrected chi connectivity index (χ0v) is 18.8. The lowest BCUT2D eigenvalue weighted by molar-refractivity contribution is -0.123. The van der Waals surface area contributed by atoms with Gasteiger partial charge in [-0.1, -0.05) is 26.8 Å². The Morgan fingerprint density at radius 3 is 2.32 bits per heavy atom. The summed E-state index contributed by atoms with van der Waals surface area (Å²) < 4.78 is 17.2. The van der Waals surface area contributed by atoms with Crippen LogP contribution in [0.25, 0.3) is 0 Å². The average Bonchev–Trinajstić information content (AvgIpc) is 2.65. The molecule has 2 aromatic carbocycles. The van der Waals surface area contributed by atoms with Crippen molar-refractivity contribution in [2.45, 2.75) is 39.2 Å². The summed E-state index contributed by atoms with van der Waals surface area (Å²) in [4.78, 5) is 12.4. The monoisotopic (exact) mass is 449 g/mol. The molecule has 152 valence electrons. The number of benzene rings is 2. The molecule has 0 heterocycles. The van der Waals surface area contributed by atoms with Crippen molar-refractivity contribution in [1.82, 2.24) is 5.32 Å². The van der Waals surface area contributed by atoms with Crippen LogP contribution in [0.3, 0.4) is 0 Å². The van der Waals surface area contributed by atoms with Gasteiger partial charge in [-0.2, -0.15) is 0 Å². The van der Waals surface area contributed by atoms with Gasteiger partial charge in [0.1, 0.15) is 17.2 Å². The van der Waals surface area contributed by atoms with Crippen molar-refractivity contribution in [3.05, 3.63) is 52.0 Å². The molecule has 0 aromatic heterocycles. The Morgan fingerprint density at radius 1 is 1.07 bits per heavy atom. The van der Waals surface area contributed by atoms with Crippen molar-refractivity contribution < 1.29 is 19.0 Å². The van der Waals surface area contributed by atoms with E-state index >= 15 is 0 Å². The van der Waals surface area contributed by atoms with Gasteiger partial charge in [0.25, 0.3) is 5.91 Å². The number of methoxy groups -OCH3 is 2. The number of rotatable bonds is 7. The fourth-order valence-corrected chi connectivity index (χ4v) is 3.26. The standard InChI is InChI=1S/C22H28BrNO4/c1-14(17-12-16(26-5)8-10-19(17)27-6)24-21(25)13-28-20-9-7-15(11-18(20)23)22(2,3)4/h7-12,14H,13H2,1-6H3,(H,24,25)/t14-/m1/s1. The second-order valence-electron chi connectivity index (χ2n) is 7.58. The van der Waals surface area contributed by atoms with Crippen molar-refractivity contribution >= 4 is 21.8 Å². The first-order chi connectivity index (χ1) is 13.2. The van der Waals surface area contributed by atoms with E-state index in [-0.39, 0.29) is 24.0 Å². The maximum absolute atomic E-state index is 12.4. The van der Waals surface area contributed by atoms with Gasteiger partial charge in [-0.3, -0.25) is 4.79 Å². The molecule has 0 aliphatic carbocycles. The number of amides is 1. The van der Waals surface area contributed by atoms with Crippen LogP contribution >= 0.6 is 15.9 Å². The third-order valence-corrected chi connectivity index (χ3v) is 5.06. The Morgan fingerprint density at radius 2 is 1.75 bits per heavy atom. The molecule has 2 rings (SSSR count). The minimum atomic E-state index is -0.257. The zero-order chi connectivity index (χ0) is 20.9. The van der Waals surface area contributed by atoms with E-state index in [9.17, 15) is 4.79 Å². The molecule has 0 radical (unpaired) electrons. The van der Waals surface area contributed by atoms with Gasteiger partial charge in [-0.15, -0.1) is 0 Å². The molecular formula is C22H28BrNO4. The molecular weight excluding hydrogens is 422 g/mol. The van der Waals surface area contributed by atoms with E-state index in [4.69, 9.17) is 14.2 Å². The lowest BCUT2D eigenvalue weighted by Gasteiger charge is -2.20. The van der Waals surface area contributed by atoms with Gasteiger partial charge in [0.05, 0.1) is 24.7 Å². The van der Waals surface area contributed by atoms with Gasteiger partial charge < -0.3 is 19.5 Å². The molecule has 28 heavy (non-hydrogen) atoms. The lowest BCUT2D eigenvalue weighted by Crippen LogP contribution is -2.31. The highest BCUT2D eigenvalue weighted by Gasteiger charge is 2.17. The van der Waals surface area contributed by atoms with Crippen molar-refractivity contribution in [3.63, 3.8) is 0 Å². The number of nitrogens with one attached hydrogen (secondary N) is 1. The summed E-state index contributed by atoms with van der Waals surface area (Å²) in [7, 11) is 3.20. The summed E-state index contributed by atoms with van der Waals surface area (Å²) in [6, 6.07) is 11.2. The minimum Gasteiger partial charge on any atom is -0.497 e. The summed E-state index contributed by atoms with van der Waals surface area (Å²) in [5, 5.41) is 2.93. The van der Waals surface area contributed by atoms with Crippen LogP contribution in [0, 0.1) is 0 Å².